The summed E-state index contributed by atoms with van der Waals surface area (Å²) in [7, 11) is 0. The SMILES string of the molecule is CC(O)CO.CCC(c1ccc(O)cc1)c1ccc(O)cc1. The van der Waals surface area contributed by atoms with Crippen LogP contribution in [0.2, 0.25) is 0 Å². The van der Waals surface area contributed by atoms with Crippen molar-refractivity contribution in [3.8, 4) is 11.5 Å². The van der Waals surface area contributed by atoms with E-state index >= 15 is 0 Å². The van der Waals surface area contributed by atoms with E-state index in [0.717, 1.165) is 6.42 Å². The van der Waals surface area contributed by atoms with Crippen molar-refractivity contribution in [2.75, 3.05) is 6.61 Å². The topological polar surface area (TPSA) is 80.9 Å². The molecule has 0 aliphatic carbocycles. The van der Waals surface area contributed by atoms with Crippen molar-refractivity contribution in [3.63, 3.8) is 0 Å². The zero-order valence-corrected chi connectivity index (χ0v) is 13.0. The second-order valence-corrected chi connectivity index (χ2v) is 5.18. The van der Waals surface area contributed by atoms with Crippen molar-refractivity contribution in [2.45, 2.75) is 32.3 Å². The van der Waals surface area contributed by atoms with Crippen LogP contribution in [0.4, 0.5) is 0 Å². The van der Waals surface area contributed by atoms with E-state index in [2.05, 4.69) is 6.92 Å². The van der Waals surface area contributed by atoms with E-state index in [9.17, 15) is 10.2 Å². The Balaban J connectivity index is 0.000000422. The van der Waals surface area contributed by atoms with Crippen molar-refractivity contribution >= 4 is 0 Å². The first kappa shape index (κ1) is 18.0. The fourth-order valence-electron chi connectivity index (χ4n) is 2.08. The van der Waals surface area contributed by atoms with Crippen molar-refractivity contribution in [1.29, 1.82) is 0 Å². The van der Waals surface area contributed by atoms with Crippen molar-refractivity contribution in [1.82, 2.24) is 0 Å². The van der Waals surface area contributed by atoms with E-state index < -0.39 is 6.10 Å². The van der Waals surface area contributed by atoms with Crippen LogP contribution in [0.25, 0.3) is 0 Å². The molecule has 0 aliphatic rings. The lowest BCUT2D eigenvalue weighted by atomic mass is 9.89. The summed E-state index contributed by atoms with van der Waals surface area (Å²) in [4.78, 5) is 0. The van der Waals surface area contributed by atoms with Gasteiger partial charge in [0.2, 0.25) is 0 Å². The third kappa shape index (κ3) is 5.76. The predicted molar refractivity (Wildman–Crippen MR) is 87.1 cm³/mol. The number of aromatic hydroxyl groups is 2. The van der Waals surface area contributed by atoms with Crippen LogP contribution < -0.4 is 0 Å². The minimum absolute atomic E-state index is 0.139. The smallest absolute Gasteiger partial charge is 0.115 e. The maximum absolute atomic E-state index is 9.29. The van der Waals surface area contributed by atoms with Gasteiger partial charge in [0.25, 0.3) is 0 Å². The van der Waals surface area contributed by atoms with Crippen LogP contribution in [0.1, 0.15) is 37.3 Å². The molecule has 0 amide bonds. The summed E-state index contributed by atoms with van der Waals surface area (Å²) < 4.78 is 0. The van der Waals surface area contributed by atoms with Gasteiger partial charge in [-0.3, -0.25) is 0 Å². The number of hydrogen-bond acceptors (Lipinski definition) is 4. The number of rotatable bonds is 4. The van der Waals surface area contributed by atoms with E-state index in [0.29, 0.717) is 5.92 Å². The number of phenolic OH excluding ortho intramolecular Hbond substituents is 2. The van der Waals surface area contributed by atoms with Crippen molar-refractivity contribution in [3.05, 3.63) is 59.7 Å². The molecule has 2 aromatic carbocycles. The average molecular weight is 304 g/mol. The molecule has 22 heavy (non-hydrogen) atoms. The number of aliphatic hydroxyl groups is 2. The van der Waals surface area contributed by atoms with Crippen LogP contribution in [0.15, 0.2) is 48.5 Å². The Morgan fingerprint density at radius 1 is 0.818 bits per heavy atom. The molecule has 0 saturated carbocycles. The van der Waals surface area contributed by atoms with Crippen LogP contribution in [0.5, 0.6) is 11.5 Å². The van der Waals surface area contributed by atoms with Gasteiger partial charge in [-0.05, 0) is 48.7 Å². The monoisotopic (exact) mass is 304 g/mol. The summed E-state index contributed by atoms with van der Waals surface area (Å²) in [5.74, 6) is 0.875. The summed E-state index contributed by atoms with van der Waals surface area (Å²) in [6.45, 7) is 3.52. The molecule has 2 rings (SSSR count). The molecular weight excluding hydrogens is 280 g/mol. The maximum atomic E-state index is 9.29. The van der Waals surface area contributed by atoms with Gasteiger partial charge in [0.1, 0.15) is 11.5 Å². The van der Waals surface area contributed by atoms with E-state index in [1.54, 1.807) is 24.3 Å². The summed E-state index contributed by atoms with van der Waals surface area (Å²) in [5.41, 5.74) is 2.35. The summed E-state index contributed by atoms with van der Waals surface area (Å²) >= 11 is 0. The lowest BCUT2D eigenvalue weighted by Crippen LogP contribution is -2.03. The van der Waals surface area contributed by atoms with Crippen LogP contribution in [0, 0.1) is 0 Å². The van der Waals surface area contributed by atoms with E-state index in [-0.39, 0.29) is 18.1 Å². The van der Waals surface area contributed by atoms with Gasteiger partial charge in [-0.1, -0.05) is 31.2 Å². The number of phenols is 2. The van der Waals surface area contributed by atoms with Crippen molar-refractivity contribution in [2.24, 2.45) is 0 Å². The average Bonchev–Trinajstić information content (AvgIpc) is 2.52. The van der Waals surface area contributed by atoms with Crippen LogP contribution in [0.3, 0.4) is 0 Å². The van der Waals surface area contributed by atoms with Gasteiger partial charge in [0.05, 0.1) is 12.7 Å². The highest BCUT2D eigenvalue weighted by Gasteiger charge is 2.11. The maximum Gasteiger partial charge on any atom is 0.115 e. The molecule has 0 fully saturated rings. The molecule has 1 atom stereocenters. The molecule has 0 radical (unpaired) electrons. The van der Waals surface area contributed by atoms with Gasteiger partial charge >= 0.3 is 0 Å². The Kier molecular flexibility index (Phi) is 7.43. The summed E-state index contributed by atoms with van der Waals surface area (Å²) in [5, 5.41) is 34.6. The third-order valence-corrected chi connectivity index (χ3v) is 3.26. The zero-order valence-electron chi connectivity index (χ0n) is 13.0. The van der Waals surface area contributed by atoms with Gasteiger partial charge < -0.3 is 20.4 Å². The molecule has 4 nitrogen and oxygen atoms in total. The number of hydrogen-bond donors (Lipinski definition) is 4. The minimum Gasteiger partial charge on any atom is -0.508 e. The molecule has 0 aliphatic heterocycles. The quantitative estimate of drug-likeness (QED) is 0.700. The Morgan fingerprint density at radius 3 is 1.36 bits per heavy atom. The van der Waals surface area contributed by atoms with Crippen LogP contribution in [-0.2, 0) is 0 Å². The number of aliphatic hydroxyl groups excluding tert-OH is 2. The molecule has 0 spiro atoms. The number of benzene rings is 2. The van der Waals surface area contributed by atoms with Crippen LogP contribution >= 0.6 is 0 Å². The normalized spacial score (nSPS) is 11.7. The highest BCUT2D eigenvalue weighted by Crippen LogP contribution is 2.29. The first-order valence-electron chi connectivity index (χ1n) is 7.34. The van der Waals surface area contributed by atoms with Crippen LogP contribution in [-0.4, -0.2) is 33.1 Å². The highest BCUT2D eigenvalue weighted by molar-refractivity contribution is 5.37. The molecule has 2 aromatic rings. The predicted octanol–water partition coefficient (Wildman–Crippen LogP) is 3.00. The Morgan fingerprint density at radius 2 is 1.14 bits per heavy atom. The second kappa shape index (κ2) is 9.07. The molecule has 0 saturated heterocycles. The summed E-state index contributed by atoms with van der Waals surface area (Å²) in [6.07, 6.45) is 0.422. The van der Waals surface area contributed by atoms with Gasteiger partial charge in [-0.25, -0.2) is 0 Å². The Hall–Kier alpha value is -2.04. The van der Waals surface area contributed by atoms with Gasteiger partial charge in [0.15, 0.2) is 0 Å². The lowest BCUT2D eigenvalue weighted by molar-refractivity contribution is 0.110. The summed E-state index contributed by atoms with van der Waals surface area (Å²) in [6, 6.07) is 14.6. The molecule has 120 valence electrons. The van der Waals surface area contributed by atoms with Gasteiger partial charge in [-0.15, -0.1) is 0 Å². The molecule has 1 unspecified atom stereocenters. The minimum atomic E-state index is -0.560. The van der Waals surface area contributed by atoms with E-state index in [4.69, 9.17) is 10.2 Å². The van der Waals surface area contributed by atoms with E-state index in [1.165, 1.54) is 18.1 Å². The first-order chi connectivity index (χ1) is 10.5. The molecule has 0 aromatic heterocycles. The van der Waals surface area contributed by atoms with Gasteiger partial charge in [0, 0.05) is 5.92 Å². The molecule has 4 N–H and O–H groups in total. The third-order valence-electron chi connectivity index (χ3n) is 3.26. The lowest BCUT2D eigenvalue weighted by Gasteiger charge is -2.16. The second-order valence-electron chi connectivity index (χ2n) is 5.18. The molecule has 0 heterocycles. The Labute approximate surface area is 131 Å². The van der Waals surface area contributed by atoms with Crippen molar-refractivity contribution < 1.29 is 20.4 Å². The standard InChI is InChI=1S/C15H16O2.C3H8O2/c1-2-15(11-3-7-13(16)8-4-11)12-5-9-14(17)10-6-12;1-3(5)2-4/h3-10,15-17H,2H2,1H3;3-5H,2H2,1H3. The van der Waals surface area contributed by atoms with Gasteiger partial charge in [-0.2, -0.15) is 0 Å². The largest absolute Gasteiger partial charge is 0.508 e. The first-order valence-corrected chi connectivity index (χ1v) is 7.34. The fourth-order valence-corrected chi connectivity index (χ4v) is 2.08. The fraction of sp³-hybridized carbons (Fsp3) is 0.333. The highest BCUT2D eigenvalue weighted by atomic mass is 16.3. The molecular formula is C18H24O4. The molecule has 4 heteroatoms. The molecule has 0 bridgehead atoms. The zero-order chi connectivity index (χ0) is 16.5. The van der Waals surface area contributed by atoms with E-state index in [1.807, 2.05) is 24.3 Å². The Bertz CT molecular complexity index is 487.